The lowest BCUT2D eigenvalue weighted by Crippen LogP contribution is -2.50. The van der Waals surface area contributed by atoms with Crippen molar-refractivity contribution in [3.8, 4) is 0 Å². The molecule has 20 heavy (non-hydrogen) atoms. The molecule has 0 aliphatic carbocycles. The molecule has 0 saturated carbocycles. The van der Waals surface area contributed by atoms with Gasteiger partial charge in [0.1, 0.15) is 0 Å². The molecule has 0 bridgehead atoms. The molecule has 0 aromatic heterocycles. The summed E-state index contributed by atoms with van der Waals surface area (Å²) in [6.45, 7) is 6.48. The fourth-order valence-electron chi connectivity index (χ4n) is 2.73. The first-order valence-electron chi connectivity index (χ1n) is 7.35. The van der Waals surface area contributed by atoms with Crippen molar-refractivity contribution >= 4 is 12.0 Å². The van der Waals surface area contributed by atoms with Crippen molar-refractivity contribution in [3.63, 3.8) is 0 Å². The van der Waals surface area contributed by atoms with Gasteiger partial charge in [-0.05, 0) is 12.8 Å². The van der Waals surface area contributed by atoms with Gasteiger partial charge in [-0.1, -0.05) is 0 Å². The second kappa shape index (κ2) is 7.44. The molecule has 2 fully saturated rings. The number of piperidine rings is 1. The molecule has 2 aliphatic rings. The van der Waals surface area contributed by atoms with Crippen LogP contribution in [0.5, 0.6) is 0 Å². The molecule has 2 saturated heterocycles. The number of carbonyl (C=O) groups is 2. The molecule has 0 radical (unpaired) electrons. The van der Waals surface area contributed by atoms with E-state index in [2.05, 4.69) is 15.5 Å². The van der Waals surface area contributed by atoms with Gasteiger partial charge in [0.05, 0.1) is 5.92 Å². The molecule has 0 spiro atoms. The number of carbonyl (C=O) groups excluding carboxylic acids is 1. The number of nitrogens with one attached hydrogen (secondary N) is 2. The number of carboxylic acids is 1. The van der Waals surface area contributed by atoms with E-state index < -0.39 is 11.9 Å². The molecular weight excluding hydrogens is 260 g/mol. The Labute approximate surface area is 119 Å². The van der Waals surface area contributed by atoms with Crippen LogP contribution in [0.15, 0.2) is 0 Å². The lowest BCUT2D eigenvalue weighted by Gasteiger charge is -2.31. The van der Waals surface area contributed by atoms with Gasteiger partial charge in [0.2, 0.25) is 0 Å². The molecule has 2 amide bonds. The molecule has 3 N–H and O–H groups in total. The number of carboxylic acid groups (broad SMARTS) is 1. The van der Waals surface area contributed by atoms with E-state index in [0.29, 0.717) is 26.1 Å². The summed E-state index contributed by atoms with van der Waals surface area (Å²) < 4.78 is 0. The number of urea groups is 1. The molecule has 114 valence electrons. The van der Waals surface area contributed by atoms with Gasteiger partial charge in [0.25, 0.3) is 0 Å². The molecular formula is C13H24N4O3. The van der Waals surface area contributed by atoms with Crippen molar-refractivity contribution in [3.05, 3.63) is 0 Å². The van der Waals surface area contributed by atoms with Gasteiger partial charge in [-0.15, -0.1) is 0 Å². The quantitative estimate of drug-likeness (QED) is 0.642. The van der Waals surface area contributed by atoms with E-state index in [1.54, 1.807) is 4.90 Å². The number of amides is 2. The lowest BCUT2D eigenvalue weighted by molar-refractivity contribution is -0.143. The Balaban J connectivity index is 1.67. The Bertz CT molecular complexity index is 345. The van der Waals surface area contributed by atoms with Crippen LogP contribution < -0.4 is 10.6 Å². The minimum absolute atomic E-state index is 0.133. The summed E-state index contributed by atoms with van der Waals surface area (Å²) in [5.41, 5.74) is 0. The van der Waals surface area contributed by atoms with Gasteiger partial charge in [-0.2, -0.15) is 0 Å². The molecule has 2 rings (SSSR count). The molecule has 2 aliphatic heterocycles. The van der Waals surface area contributed by atoms with Crippen molar-refractivity contribution < 1.29 is 14.7 Å². The van der Waals surface area contributed by atoms with Crippen LogP contribution in [-0.4, -0.2) is 79.3 Å². The lowest BCUT2D eigenvalue weighted by atomic mass is 9.99. The van der Waals surface area contributed by atoms with E-state index in [0.717, 1.165) is 39.1 Å². The highest BCUT2D eigenvalue weighted by atomic mass is 16.4. The van der Waals surface area contributed by atoms with Crippen molar-refractivity contribution in [2.45, 2.75) is 12.8 Å². The van der Waals surface area contributed by atoms with Crippen molar-refractivity contribution in [1.82, 2.24) is 20.4 Å². The van der Waals surface area contributed by atoms with Crippen LogP contribution >= 0.6 is 0 Å². The van der Waals surface area contributed by atoms with Crippen molar-refractivity contribution in [1.29, 1.82) is 0 Å². The third kappa shape index (κ3) is 4.35. The van der Waals surface area contributed by atoms with Crippen LogP contribution in [0.4, 0.5) is 4.79 Å². The monoisotopic (exact) mass is 284 g/mol. The van der Waals surface area contributed by atoms with Crippen LogP contribution in [0.2, 0.25) is 0 Å². The minimum Gasteiger partial charge on any atom is -0.481 e. The first-order valence-corrected chi connectivity index (χ1v) is 7.35. The summed E-state index contributed by atoms with van der Waals surface area (Å²) >= 11 is 0. The first kappa shape index (κ1) is 15.1. The Hall–Kier alpha value is -1.34. The summed E-state index contributed by atoms with van der Waals surface area (Å²) in [6, 6.07) is -0.133. The number of hydrogen-bond acceptors (Lipinski definition) is 4. The predicted octanol–water partition coefficient (Wildman–Crippen LogP) is -0.602. The number of likely N-dealkylation sites (tertiary alicyclic amines) is 1. The summed E-state index contributed by atoms with van der Waals surface area (Å²) in [7, 11) is 0. The zero-order valence-corrected chi connectivity index (χ0v) is 11.8. The summed E-state index contributed by atoms with van der Waals surface area (Å²) in [4.78, 5) is 26.9. The molecule has 7 nitrogen and oxygen atoms in total. The second-order valence-corrected chi connectivity index (χ2v) is 5.45. The van der Waals surface area contributed by atoms with E-state index in [-0.39, 0.29) is 6.03 Å². The topological polar surface area (TPSA) is 84.9 Å². The third-order valence-corrected chi connectivity index (χ3v) is 3.97. The Morgan fingerprint density at radius 3 is 2.70 bits per heavy atom. The largest absolute Gasteiger partial charge is 0.481 e. The number of nitrogens with zero attached hydrogens (tertiary/aromatic N) is 2. The van der Waals surface area contributed by atoms with Gasteiger partial charge < -0.3 is 20.6 Å². The van der Waals surface area contributed by atoms with Crippen LogP contribution in [0.25, 0.3) is 0 Å². The molecule has 1 atom stereocenters. The average molecular weight is 284 g/mol. The average Bonchev–Trinajstić information content (AvgIpc) is 2.48. The first-order chi connectivity index (χ1) is 9.66. The third-order valence-electron chi connectivity index (χ3n) is 3.97. The van der Waals surface area contributed by atoms with Gasteiger partial charge in [-0.3, -0.25) is 9.69 Å². The fourth-order valence-corrected chi connectivity index (χ4v) is 2.73. The van der Waals surface area contributed by atoms with Gasteiger partial charge >= 0.3 is 12.0 Å². The Morgan fingerprint density at radius 2 is 2.00 bits per heavy atom. The zero-order valence-electron chi connectivity index (χ0n) is 11.8. The SMILES string of the molecule is O=C(O)[C@H]1CCCN(C(=O)NCCN2CCNCC2)C1. The predicted molar refractivity (Wildman–Crippen MR) is 74.6 cm³/mol. The fraction of sp³-hybridized carbons (Fsp3) is 0.846. The zero-order chi connectivity index (χ0) is 14.4. The van der Waals surface area contributed by atoms with Gasteiger partial charge in [0, 0.05) is 52.4 Å². The number of rotatable bonds is 4. The second-order valence-electron chi connectivity index (χ2n) is 5.45. The molecule has 0 aromatic carbocycles. The number of hydrogen-bond donors (Lipinski definition) is 3. The van der Waals surface area contributed by atoms with E-state index in [9.17, 15) is 9.59 Å². The number of aliphatic carboxylic acids is 1. The van der Waals surface area contributed by atoms with Gasteiger partial charge in [-0.25, -0.2) is 4.79 Å². The highest BCUT2D eigenvalue weighted by molar-refractivity contribution is 5.76. The Kier molecular flexibility index (Phi) is 5.60. The summed E-state index contributed by atoms with van der Waals surface area (Å²) in [5.74, 6) is -1.22. The van der Waals surface area contributed by atoms with Crippen LogP contribution in [0, 0.1) is 5.92 Å². The van der Waals surface area contributed by atoms with E-state index in [1.165, 1.54) is 0 Å². The van der Waals surface area contributed by atoms with Crippen LogP contribution in [-0.2, 0) is 4.79 Å². The van der Waals surface area contributed by atoms with E-state index in [1.807, 2.05) is 0 Å². The maximum absolute atomic E-state index is 12.0. The summed E-state index contributed by atoms with van der Waals surface area (Å²) in [5, 5.41) is 15.2. The van der Waals surface area contributed by atoms with Crippen molar-refractivity contribution in [2.24, 2.45) is 5.92 Å². The highest BCUT2D eigenvalue weighted by Crippen LogP contribution is 2.16. The van der Waals surface area contributed by atoms with Gasteiger partial charge in [0.15, 0.2) is 0 Å². The van der Waals surface area contributed by atoms with Crippen LogP contribution in [0.3, 0.4) is 0 Å². The highest BCUT2D eigenvalue weighted by Gasteiger charge is 2.27. The van der Waals surface area contributed by atoms with Crippen LogP contribution in [0.1, 0.15) is 12.8 Å². The molecule has 7 heteroatoms. The van der Waals surface area contributed by atoms with E-state index in [4.69, 9.17) is 5.11 Å². The smallest absolute Gasteiger partial charge is 0.317 e. The summed E-state index contributed by atoms with van der Waals surface area (Å²) in [6.07, 6.45) is 1.43. The normalized spacial score (nSPS) is 24.4. The molecule has 0 unspecified atom stereocenters. The standard InChI is InChI=1S/C13H24N4O3/c18-12(19)11-2-1-6-17(10-11)13(20)15-5-9-16-7-3-14-4-8-16/h11,14H,1-10H2,(H,15,20)(H,18,19)/t11-/m0/s1. The Morgan fingerprint density at radius 1 is 1.25 bits per heavy atom. The van der Waals surface area contributed by atoms with Crippen molar-refractivity contribution in [2.75, 3.05) is 52.4 Å². The molecule has 2 heterocycles. The maximum Gasteiger partial charge on any atom is 0.317 e. The number of piperazine rings is 1. The van der Waals surface area contributed by atoms with E-state index >= 15 is 0 Å². The minimum atomic E-state index is -0.802. The molecule has 0 aromatic rings. The maximum atomic E-state index is 12.0.